The summed E-state index contributed by atoms with van der Waals surface area (Å²) in [6, 6.07) is -0.681. The third-order valence-corrected chi connectivity index (χ3v) is 2.88. The lowest BCUT2D eigenvalue weighted by atomic mass is 10.2. The molecule has 3 N–H and O–H groups in total. The van der Waals surface area contributed by atoms with Gasteiger partial charge in [-0.1, -0.05) is 0 Å². The van der Waals surface area contributed by atoms with Gasteiger partial charge in [-0.15, -0.1) is 0 Å². The number of aromatic amines is 1. The Hall–Kier alpha value is -1.69. The zero-order valence-corrected chi connectivity index (χ0v) is 9.28. The van der Waals surface area contributed by atoms with Crippen molar-refractivity contribution < 1.29 is 9.59 Å². The summed E-state index contributed by atoms with van der Waals surface area (Å²) in [5.74, 6) is -0.512. The topological polar surface area (TPSA) is 92.1 Å². The molecular formula is C10H14N4O2. The van der Waals surface area contributed by atoms with Crippen molar-refractivity contribution in [1.29, 1.82) is 0 Å². The Bertz CT molecular complexity index is 432. The van der Waals surface area contributed by atoms with Crippen molar-refractivity contribution in [3.05, 3.63) is 17.0 Å². The zero-order valence-electron chi connectivity index (χ0n) is 9.28. The maximum Gasteiger partial charge on any atom is 0.246 e. The Morgan fingerprint density at radius 2 is 2.19 bits per heavy atom. The minimum absolute atomic E-state index is 0.106. The molecule has 1 atom stereocenters. The molecular weight excluding hydrogens is 208 g/mol. The maximum atomic E-state index is 11.6. The van der Waals surface area contributed by atoms with E-state index in [0.29, 0.717) is 0 Å². The fraction of sp³-hybridized carbons (Fsp3) is 0.500. The number of aromatic nitrogens is 2. The largest absolute Gasteiger partial charge is 0.319 e. The molecule has 2 rings (SSSR count). The van der Waals surface area contributed by atoms with E-state index < -0.39 is 6.04 Å². The van der Waals surface area contributed by atoms with E-state index in [4.69, 9.17) is 5.73 Å². The van der Waals surface area contributed by atoms with Crippen LogP contribution in [-0.2, 0) is 16.1 Å². The number of H-pyrrole nitrogens is 1. The van der Waals surface area contributed by atoms with E-state index in [1.807, 2.05) is 13.8 Å². The Morgan fingerprint density at radius 3 is 2.62 bits per heavy atom. The monoisotopic (exact) mass is 222 g/mol. The van der Waals surface area contributed by atoms with Gasteiger partial charge in [0, 0.05) is 11.3 Å². The molecule has 6 heteroatoms. The van der Waals surface area contributed by atoms with Crippen LogP contribution in [0.5, 0.6) is 0 Å². The van der Waals surface area contributed by atoms with Gasteiger partial charge in [0.2, 0.25) is 11.8 Å². The van der Waals surface area contributed by atoms with Crippen molar-refractivity contribution in [2.45, 2.75) is 32.9 Å². The van der Waals surface area contributed by atoms with Crippen molar-refractivity contribution in [3.63, 3.8) is 0 Å². The highest BCUT2D eigenvalue weighted by atomic mass is 16.2. The normalized spacial score (nSPS) is 20.9. The van der Waals surface area contributed by atoms with Gasteiger partial charge in [-0.3, -0.25) is 19.6 Å². The summed E-state index contributed by atoms with van der Waals surface area (Å²) >= 11 is 0. The van der Waals surface area contributed by atoms with Gasteiger partial charge in [0.1, 0.15) is 0 Å². The first-order valence-electron chi connectivity index (χ1n) is 5.11. The van der Waals surface area contributed by atoms with Crippen molar-refractivity contribution in [1.82, 2.24) is 15.1 Å². The zero-order chi connectivity index (χ0) is 11.9. The molecule has 16 heavy (non-hydrogen) atoms. The van der Waals surface area contributed by atoms with Gasteiger partial charge in [-0.25, -0.2) is 0 Å². The minimum Gasteiger partial charge on any atom is -0.319 e. The highest BCUT2D eigenvalue weighted by molar-refractivity contribution is 6.05. The molecule has 1 aliphatic rings. The number of rotatable bonds is 2. The van der Waals surface area contributed by atoms with Crippen LogP contribution in [0.3, 0.4) is 0 Å². The molecule has 1 aromatic heterocycles. The van der Waals surface area contributed by atoms with Crippen LogP contribution < -0.4 is 5.73 Å². The molecule has 0 aliphatic carbocycles. The number of aryl methyl sites for hydroxylation is 2. The summed E-state index contributed by atoms with van der Waals surface area (Å²) in [7, 11) is 0. The molecule has 2 amide bonds. The van der Waals surface area contributed by atoms with Crippen molar-refractivity contribution in [2.24, 2.45) is 5.73 Å². The number of amides is 2. The van der Waals surface area contributed by atoms with Crippen LogP contribution in [0.1, 0.15) is 23.4 Å². The second kappa shape index (κ2) is 3.71. The first kappa shape index (κ1) is 10.8. The third-order valence-electron chi connectivity index (χ3n) is 2.88. The highest BCUT2D eigenvalue weighted by Crippen LogP contribution is 2.18. The SMILES string of the molecule is Cc1n[nH]c(C)c1CN1C(=O)C[C@H](N)C1=O. The van der Waals surface area contributed by atoms with Crippen molar-refractivity contribution in [2.75, 3.05) is 0 Å². The third kappa shape index (κ3) is 1.61. The molecule has 2 heterocycles. The summed E-state index contributed by atoms with van der Waals surface area (Å²) in [5.41, 5.74) is 8.09. The second-order valence-electron chi connectivity index (χ2n) is 4.04. The van der Waals surface area contributed by atoms with Crippen LogP contribution in [0.4, 0.5) is 0 Å². The highest BCUT2D eigenvalue weighted by Gasteiger charge is 2.36. The summed E-state index contributed by atoms with van der Waals surface area (Å²) in [4.78, 5) is 24.4. The van der Waals surface area contributed by atoms with Gasteiger partial charge in [0.25, 0.3) is 0 Å². The van der Waals surface area contributed by atoms with Gasteiger partial charge in [0.15, 0.2) is 0 Å². The molecule has 0 unspecified atom stereocenters. The van der Waals surface area contributed by atoms with E-state index in [1.54, 1.807) is 0 Å². The van der Waals surface area contributed by atoms with Gasteiger partial charge < -0.3 is 5.73 Å². The minimum atomic E-state index is -0.681. The van der Waals surface area contributed by atoms with Gasteiger partial charge in [-0.2, -0.15) is 5.10 Å². The molecule has 0 aromatic carbocycles. The van der Waals surface area contributed by atoms with Crippen LogP contribution in [0.15, 0.2) is 0 Å². The average molecular weight is 222 g/mol. The smallest absolute Gasteiger partial charge is 0.246 e. The number of likely N-dealkylation sites (tertiary alicyclic amines) is 1. The van der Waals surface area contributed by atoms with E-state index in [2.05, 4.69) is 10.2 Å². The van der Waals surface area contributed by atoms with E-state index in [9.17, 15) is 9.59 Å². The number of nitrogens with two attached hydrogens (primary N) is 1. The van der Waals surface area contributed by atoms with E-state index in [-0.39, 0.29) is 24.8 Å². The van der Waals surface area contributed by atoms with Crippen molar-refractivity contribution in [3.8, 4) is 0 Å². The number of hydrogen-bond donors (Lipinski definition) is 2. The van der Waals surface area contributed by atoms with Gasteiger partial charge >= 0.3 is 0 Å². The van der Waals surface area contributed by atoms with Gasteiger partial charge in [0.05, 0.1) is 24.7 Å². The number of imide groups is 1. The Balaban J connectivity index is 2.22. The molecule has 0 spiro atoms. The lowest BCUT2D eigenvalue weighted by Crippen LogP contribution is -2.35. The lowest BCUT2D eigenvalue weighted by Gasteiger charge is -2.14. The van der Waals surface area contributed by atoms with Crippen molar-refractivity contribution >= 4 is 11.8 Å². The quantitative estimate of drug-likeness (QED) is 0.667. The average Bonchev–Trinajstić information content (AvgIpc) is 2.65. The first-order valence-corrected chi connectivity index (χ1v) is 5.11. The number of hydrogen-bond acceptors (Lipinski definition) is 4. The predicted octanol–water partition coefficient (Wildman–Crippen LogP) is -0.387. The fourth-order valence-corrected chi connectivity index (χ4v) is 1.84. The molecule has 6 nitrogen and oxygen atoms in total. The standard InChI is InChI=1S/C10H14N4O2/c1-5-7(6(2)13-12-5)4-14-9(15)3-8(11)10(14)16/h8H,3-4,11H2,1-2H3,(H,12,13)/t8-/m0/s1. The summed E-state index contributed by atoms with van der Waals surface area (Å²) < 4.78 is 0. The van der Waals surface area contributed by atoms with Crippen LogP contribution >= 0.6 is 0 Å². The Kier molecular flexibility index (Phi) is 2.51. The van der Waals surface area contributed by atoms with Crippen LogP contribution in [0.2, 0.25) is 0 Å². The van der Waals surface area contributed by atoms with Crippen LogP contribution in [0, 0.1) is 13.8 Å². The first-order chi connectivity index (χ1) is 7.50. The fourth-order valence-electron chi connectivity index (χ4n) is 1.84. The summed E-state index contributed by atoms with van der Waals surface area (Å²) in [6.45, 7) is 3.96. The van der Waals surface area contributed by atoms with E-state index in [1.165, 1.54) is 4.90 Å². The molecule has 0 radical (unpaired) electrons. The van der Waals surface area contributed by atoms with Crippen LogP contribution in [-0.4, -0.2) is 33.0 Å². The molecule has 0 bridgehead atoms. The maximum absolute atomic E-state index is 11.6. The Labute approximate surface area is 92.8 Å². The Morgan fingerprint density at radius 1 is 1.50 bits per heavy atom. The molecule has 1 aliphatic heterocycles. The van der Waals surface area contributed by atoms with E-state index >= 15 is 0 Å². The predicted molar refractivity (Wildman–Crippen MR) is 56.2 cm³/mol. The molecule has 0 saturated carbocycles. The number of nitrogens with zero attached hydrogens (tertiary/aromatic N) is 2. The summed E-state index contributed by atoms with van der Waals surface area (Å²) in [5, 5.41) is 6.84. The number of carbonyl (C=O) groups excluding carboxylic acids is 2. The number of carbonyl (C=O) groups is 2. The molecule has 86 valence electrons. The molecule has 1 saturated heterocycles. The number of nitrogens with one attached hydrogen (secondary N) is 1. The van der Waals surface area contributed by atoms with E-state index in [0.717, 1.165) is 17.0 Å². The second-order valence-corrected chi connectivity index (χ2v) is 4.04. The molecule has 1 aromatic rings. The summed E-state index contributed by atoms with van der Waals surface area (Å²) in [6.07, 6.45) is 0.106. The van der Waals surface area contributed by atoms with Gasteiger partial charge in [-0.05, 0) is 13.8 Å². The lowest BCUT2D eigenvalue weighted by molar-refractivity contribution is -0.139. The molecule has 1 fully saturated rings. The van der Waals surface area contributed by atoms with Crippen LogP contribution in [0.25, 0.3) is 0 Å².